The van der Waals surface area contributed by atoms with Crippen LogP contribution >= 0.6 is 27.3 Å². The van der Waals surface area contributed by atoms with Crippen LogP contribution in [-0.4, -0.2) is 7.11 Å². The number of aryl methyl sites for hydroxylation is 1. The van der Waals surface area contributed by atoms with Gasteiger partial charge in [0.25, 0.3) is 0 Å². The van der Waals surface area contributed by atoms with Crippen molar-refractivity contribution in [2.45, 2.75) is 24.6 Å². The van der Waals surface area contributed by atoms with Crippen molar-refractivity contribution >= 4 is 27.3 Å². The average Bonchev–Trinajstić information content (AvgIpc) is 2.88. The van der Waals surface area contributed by atoms with Gasteiger partial charge in [-0.15, -0.1) is 11.3 Å². The van der Waals surface area contributed by atoms with Crippen LogP contribution in [0.5, 0.6) is 5.75 Å². The maximum absolute atomic E-state index is 5.17. The summed E-state index contributed by atoms with van der Waals surface area (Å²) >= 11 is 5.65. The molecule has 96 valence electrons. The van der Waals surface area contributed by atoms with E-state index in [1.807, 2.05) is 23.5 Å². The molecule has 0 fully saturated rings. The van der Waals surface area contributed by atoms with Crippen molar-refractivity contribution in [1.82, 2.24) is 0 Å². The summed E-state index contributed by atoms with van der Waals surface area (Å²) in [5.74, 6) is 0.912. The summed E-state index contributed by atoms with van der Waals surface area (Å²) in [6.45, 7) is 2.21. The van der Waals surface area contributed by atoms with Crippen LogP contribution in [0.1, 0.15) is 27.8 Å². The highest BCUT2D eigenvalue weighted by atomic mass is 79.9. The lowest BCUT2D eigenvalue weighted by Gasteiger charge is -2.11. The third-order valence-electron chi connectivity index (χ3n) is 3.02. The van der Waals surface area contributed by atoms with Gasteiger partial charge in [-0.05, 0) is 47.5 Å². The molecule has 0 N–H and O–H groups in total. The molecule has 0 spiro atoms. The van der Waals surface area contributed by atoms with Gasteiger partial charge in [0, 0.05) is 4.88 Å². The minimum Gasteiger partial charge on any atom is -0.497 e. The molecule has 0 aliphatic rings. The van der Waals surface area contributed by atoms with Crippen LogP contribution in [0.4, 0.5) is 0 Å². The SMILES string of the molecule is CCc1ccsc1C(Br)Cc1ccc(OC)cc1. The molecular weight excluding hydrogens is 308 g/mol. The number of hydrogen-bond acceptors (Lipinski definition) is 2. The van der Waals surface area contributed by atoms with Crippen molar-refractivity contribution in [3.63, 3.8) is 0 Å². The number of thiophene rings is 1. The third-order valence-corrected chi connectivity index (χ3v) is 5.18. The van der Waals surface area contributed by atoms with Gasteiger partial charge in [-0.1, -0.05) is 35.0 Å². The highest BCUT2D eigenvalue weighted by Gasteiger charge is 2.13. The number of rotatable bonds is 5. The molecular formula is C15H17BrOS. The van der Waals surface area contributed by atoms with Crippen LogP contribution in [0, 0.1) is 0 Å². The second kappa shape index (κ2) is 6.39. The smallest absolute Gasteiger partial charge is 0.118 e. The Hall–Kier alpha value is -0.800. The van der Waals surface area contributed by atoms with E-state index in [0.717, 1.165) is 18.6 Å². The molecule has 0 radical (unpaired) electrons. The largest absolute Gasteiger partial charge is 0.497 e. The minimum absolute atomic E-state index is 0.404. The molecule has 1 nitrogen and oxygen atoms in total. The minimum atomic E-state index is 0.404. The molecule has 0 aliphatic carbocycles. The Morgan fingerprint density at radius 3 is 2.56 bits per heavy atom. The predicted molar refractivity (Wildman–Crippen MR) is 82.1 cm³/mol. The van der Waals surface area contributed by atoms with Crippen molar-refractivity contribution in [3.8, 4) is 5.75 Å². The Morgan fingerprint density at radius 2 is 1.94 bits per heavy atom. The zero-order valence-corrected chi connectivity index (χ0v) is 13.1. The first-order valence-corrected chi connectivity index (χ1v) is 7.87. The highest BCUT2D eigenvalue weighted by molar-refractivity contribution is 9.09. The summed E-state index contributed by atoms with van der Waals surface area (Å²) < 4.78 is 5.17. The van der Waals surface area contributed by atoms with Crippen LogP contribution < -0.4 is 4.74 Å². The van der Waals surface area contributed by atoms with Crippen molar-refractivity contribution in [1.29, 1.82) is 0 Å². The molecule has 0 amide bonds. The fourth-order valence-corrected chi connectivity index (χ4v) is 3.94. The number of ether oxygens (including phenoxy) is 1. The first-order valence-electron chi connectivity index (χ1n) is 6.07. The average molecular weight is 325 g/mol. The molecule has 1 atom stereocenters. The van der Waals surface area contributed by atoms with Gasteiger partial charge in [-0.2, -0.15) is 0 Å². The van der Waals surface area contributed by atoms with Crippen LogP contribution in [0.3, 0.4) is 0 Å². The van der Waals surface area contributed by atoms with E-state index < -0.39 is 0 Å². The Morgan fingerprint density at radius 1 is 1.22 bits per heavy atom. The van der Waals surface area contributed by atoms with E-state index in [1.165, 1.54) is 16.0 Å². The van der Waals surface area contributed by atoms with Crippen LogP contribution in [-0.2, 0) is 12.8 Å². The molecule has 0 bridgehead atoms. The van der Waals surface area contributed by atoms with E-state index in [2.05, 4.69) is 46.4 Å². The van der Waals surface area contributed by atoms with Gasteiger partial charge in [0.15, 0.2) is 0 Å². The topological polar surface area (TPSA) is 9.23 Å². The highest BCUT2D eigenvalue weighted by Crippen LogP contribution is 2.34. The number of methoxy groups -OCH3 is 1. The molecule has 1 aromatic carbocycles. The maximum Gasteiger partial charge on any atom is 0.118 e. The van der Waals surface area contributed by atoms with Gasteiger partial charge in [-0.3, -0.25) is 0 Å². The van der Waals surface area contributed by atoms with E-state index in [0.29, 0.717) is 4.83 Å². The zero-order valence-electron chi connectivity index (χ0n) is 10.7. The monoisotopic (exact) mass is 324 g/mol. The number of hydrogen-bond donors (Lipinski definition) is 0. The molecule has 1 aromatic heterocycles. The summed E-state index contributed by atoms with van der Waals surface area (Å²) in [5.41, 5.74) is 2.78. The molecule has 1 unspecified atom stereocenters. The van der Waals surface area contributed by atoms with E-state index >= 15 is 0 Å². The van der Waals surface area contributed by atoms with Crippen molar-refractivity contribution in [2.75, 3.05) is 7.11 Å². The van der Waals surface area contributed by atoms with Gasteiger partial charge < -0.3 is 4.74 Å². The van der Waals surface area contributed by atoms with Crippen molar-refractivity contribution in [2.24, 2.45) is 0 Å². The first-order chi connectivity index (χ1) is 8.74. The van der Waals surface area contributed by atoms with Gasteiger partial charge in [0.2, 0.25) is 0 Å². The Kier molecular flexibility index (Phi) is 4.84. The van der Waals surface area contributed by atoms with E-state index in [1.54, 1.807) is 7.11 Å². The first kappa shape index (κ1) is 13.6. The molecule has 1 heterocycles. The molecule has 0 aliphatic heterocycles. The lowest BCUT2D eigenvalue weighted by atomic mass is 10.1. The second-order valence-corrected chi connectivity index (χ2v) is 6.24. The van der Waals surface area contributed by atoms with Crippen LogP contribution in [0.2, 0.25) is 0 Å². The number of benzene rings is 1. The quantitative estimate of drug-likeness (QED) is 0.703. The Bertz CT molecular complexity index is 489. The third kappa shape index (κ3) is 3.15. The number of halogens is 1. The molecule has 0 saturated carbocycles. The normalized spacial score (nSPS) is 12.4. The summed E-state index contributed by atoms with van der Waals surface area (Å²) in [6.07, 6.45) is 2.11. The standard InChI is InChI=1S/C15H17BrOS/c1-3-12-8-9-18-15(12)14(16)10-11-4-6-13(17-2)7-5-11/h4-9,14H,3,10H2,1-2H3. The lowest BCUT2D eigenvalue weighted by Crippen LogP contribution is -1.96. The van der Waals surface area contributed by atoms with Crippen molar-refractivity contribution < 1.29 is 4.74 Å². The summed E-state index contributed by atoms with van der Waals surface area (Å²) in [6, 6.07) is 10.5. The Labute approximate surface area is 121 Å². The molecule has 2 aromatic rings. The lowest BCUT2D eigenvalue weighted by molar-refractivity contribution is 0.414. The Balaban J connectivity index is 2.08. The van der Waals surface area contributed by atoms with Gasteiger partial charge in [0.1, 0.15) is 5.75 Å². The second-order valence-electron chi connectivity index (χ2n) is 4.18. The maximum atomic E-state index is 5.17. The number of alkyl halides is 1. The predicted octanol–water partition coefficient (Wildman–Crippen LogP) is 5.00. The summed E-state index contributed by atoms with van der Waals surface area (Å²) in [7, 11) is 1.70. The summed E-state index contributed by atoms with van der Waals surface area (Å²) in [4.78, 5) is 1.86. The fraction of sp³-hybridized carbons (Fsp3) is 0.333. The van der Waals surface area contributed by atoms with Gasteiger partial charge in [0.05, 0.1) is 11.9 Å². The van der Waals surface area contributed by atoms with Gasteiger partial charge in [-0.25, -0.2) is 0 Å². The van der Waals surface area contributed by atoms with Crippen LogP contribution in [0.25, 0.3) is 0 Å². The molecule has 0 saturated heterocycles. The zero-order chi connectivity index (χ0) is 13.0. The van der Waals surface area contributed by atoms with E-state index in [9.17, 15) is 0 Å². The molecule has 2 rings (SSSR count). The van der Waals surface area contributed by atoms with Gasteiger partial charge >= 0.3 is 0 Å². The van der Waals surface area contributed by atoms with E-state index in [-0.39, 0.29) is 0 Å². The molecule has 18 heavy (non-hydrogen) atoms. The van der Waals surface area contributed by atoms with E-state index in [4.69, 9.17) is 4.74 Å². The molecule has 3 heteroatoms. The summed E-state index contributed by atoms with van der Waals surface area (Å²) in [5, 5.41) is 2.18. The van der Waals surface area contributed by atoms with Crippen molar-refractivity contribution in [3.05, 3.63) is 51.7 Å². The van der Waals surface area contributed by atoms with Crippen LogP contribution in [0.15, 0.2) is 35.7 Å². The fourth-order valence-electron chi connectivity index (χ4n) is 1.98.